The van der Waals surface area contributed by atoms with Crippen molar-refractivity contribution in [1.82, 2.24) is 4.98 Å². The largest absolute Gasteiger partial charge is 0.377 e. The highest BCUT2D eigenvalue weighted by Gasteiger charge is 2.06. The first-order chi connectivity index (χ1) is 8.16. The van der Waals surface area contributed by atoms with Gasteiger partial charge < -0.3 is 5.32 Å². The second-order valence-electron chi connectivity index (χ2n) is 4.42. The van der Waals surface area contributed by atoms with Gasteiger partial charge in [-0.25, -0.2) is 0 Å². The summed E-state index contributed by atoms with van der Waals surface area (Å²) in [5.74, 6) is 0. The van der Waals surface area contributed by atoms with E-state index in [0.717, 1.165) is 11.4 Å². The van der Waals surface area contributed by atoms with Crippen LogP contribution in [0.2, 0.25) is 0 Å². The molecule has 17 heavy (non-hydrogen) atoms. The molecule has 1 aromatic carbocycles. The standard InChI is InChI=1S/C15H18N2/c1-11-7-8-14(10-12(11)2)17-13(3)15-6-4-5-9-16-15/h4-10,13,17H,1-3H3. The van der Waals surface area contributed by atoms with Crippen LogP contribution in [0.4, 0.5) is 5.69 Å². The smallest absolute Gasteiger partial charge is 0.0657 e. The third kappa shape index (κ3) is 2.84. The van der Waals surface area contributed by atoms with Crippen LogP contribution in [0.3, 0.4) is 0 Å². The van der Waals surface area contributed by atoms with E-state index in [1.54, 1.807) is 0 Å². The average molecular weight is 226 g/mol. The monoisotopic (exact) mass is 226 g/mol. The zero-order chi connectivity index (χ0) is 12.3. The van der Waals surface area contributed by atoms with Crippen molar-refractivity contribution in [2.24, 2.45) is 0 Å². The maximum atomic E-state index is 4.35. The predicted molar refractivity (Wildman–Crippen MR) is 72.2 cm³/mol. The van der Waals surface area contributed by atoms with E-state index in [2.05, 4.69) is 49.3 Å². The fourth-order valence-electron chi connectivity index (χ4n) is 1.79. The Kier molecular flexibility index (Phi) is 3.43. The molecule has 0 saturated carbocycles. The summed E-state index contributed by atoms with van der Waals surface area (Å²) in [5, 5.41) is 3.46. The lowest BCUT2D eigenvalue weighted by atomic mass is 10.1. The molecule has 0 fully saturated rings. The Hall–Kier alpha value is -1.83. The van der Waals surface area contributed by atoms with E-state index >= 15 is 0 Å². The van der Waals surface area contributed by atoms with Gasteiger partial charge in [-0.15, -0.1) is 0 Å². The molecule has 0 amide bonds. The van der Waals surface area contributed by atoms with Crippen LogP contribution in [0.5, 0.6) is 0 Å². The highest BCUT2D eigenvalue weighted by atomic mass is 14.9. The first-order valence-electron chi connectivity index (χ1n) is 5.91. The fourth-order valence-corrected chi connectivity index (χ4v) is 1.79. The van der Waals surface area contributed by atoms with E-state index < -0.39 is 0 Å². The van der Waals surface area contributed by atoms with E-state index in [4.69, 9.17) is 0 Å². The summed E-state index contributed by atoms with van der Waals surface area (Å²) < 4.78 is 0. The SMILES string of the molecule is Cc1ccc(NC(C)c2ccccn2)cc1C. The molecule has 88 valence electrons. The molecule has 0 aliphatic carbocycles. The minimum Gasteiger partial charge on any atom is -0.377 e. The Morgan fingerprint density at radius 1 is 1.06 bits per heavy atom. The maximum Gasteiger partial charge on any atom is 0.0657 e. The van der Waals surface area contributed by atoms with Crippen molar-refractivity contribution in [3.8, 4) is 0 Å². The molecule has 0 spiro atoms. The van der Waals surface area contributed by atoms with E-state index in [0.29, 0.717) is 0 Å². The van der Waals surface area contributed by atoms with Crippen LogP contribution in [0, 0.1) is 13.8 Å². The number of hydrogen-bond donors (Lipinski definition) is 1. The highest BCUT2D eigenvalue weighted by Crippen LogP contribution is 2.19. The number of hydrogen-bond acceptors (Lipinski definition) is 2. The second kappa shape index (κ2) is 5.00. The molecule has 1 unspecified atom stereocenters. The number of anilines is 1. The van der Waals surface area contributed by atoms with Crippen LogP contribution >= 0.6 is 0 Å². The molecular formula is C15H18N2. The van der Waals surface area contributed by atoms with E-state index in [1.165, 1.54) is 11.1 Å². The zero-order valence-electron chi connectivity index (χ0n) is 10.6. The second-order valence-corrected chi connectivity index (χ2v) is 4.42. The summed E-state index contributed by atoms with van der Waals surface area (Å²) in [7, 11) is 0. The van der Waals surface area contributed by atoms with Crippen LogP contribution in [-0.2, 0) is 0 Å². The normalized spacial score (nSPS) is 12.2. The molecule has 2 heteroatoms. The first kappa shape index (κ1) is 11.6. The van der Waals surface area contributed by atoms with E-state index in [-0.39, 0.29) is 6.04 Å². The molecule has 0 bridgehead atoms. The first-order valence-corrected chi connectivity index (χ1v) is 5.91. The highest BCUT2D eigenvalue weighted by molar-refractivity contribution is 5.49. The van der Waals surface area contributed by atoms with Gasteiger partial charge in [0, 0.05) is 11.9 Å². The molecule has 0 aliphatic rings. The minimum absolute atomic E-state index is 0.221. The van der Waals surface area contributed by atoms with Crippen molar-refractivity contribution in [2.75, 3.05) is 5.32 Å². The van der Waals surface area contributed by atoms with Gasteiger partial charge in [-0.2, -0.15) is 0 Å². The number of nitrogens with zero attached hydrogens (tertiary/aromatic N) is 1. The Morgan fingerprint density at radius 2 is 1.88 bits per heavy atom. The third-order valence-corrected chi connectivity index (χ3v) is 3.02. The molecule has 0 aliphatic heterocycles. The van der Waals surface area contributed by atoms with Crippen molar-refractivity contribution in [1.29, 1.82) is 0 Å². The van der Waals surface area contributed by atoms with Crippen molar-refractivity contribution >= 4 is 5.69 Å². The van der Waals surface area contributed by atoms with Crippen LogP contribution in [0.1, 0.15) is 29.8 Å². The zero-order valence-corrected chi connectivity index (χ0v) is 10.6. The Bertz CT molecular complexity index is 492. The number of benzene rings is 1. The van der Waals surface area contributed by atoms with Crippen LogP contribution < -0.4 is 5.32 Å². The summed E-state index contributed by atoms with van der Waals surface area (Å²) in [4.78, 5) is 4.35. The molecule has 2 rings (SSSR count). The lowest BCUT2D eigenvalue weighted by molar-refractivity contribution is 0.839. The molecule has 1 aromatic heterocycles. The number of aryl methyl sites for hydroxylation is 2. The predicted octanol–water partition coefficient (Wildman–Crippen LogP) is 3.87. The molecule has 1 atom stereocenters. The van der Waals surface area contributed by atoms with Gasteiger partial charge in [0.25, 0.3) is 0 Å². The number of pyridine rings is 1. The van der Waals surface area contributed by atoms with Gasteiger partial charge in [-0.3, -0.25) is 4.98 Å². The summed E-state index contributed by atoms with van der Waals surface area (Å²) in [6.45, 7) is 6.38. The quantitative estimate of drug-likeness (QED) is 0.859. The number of rotatable bonds is 3. The minimum atomic E-state index is 0.221. The maximum absolute atomic E-state index is 4.35. The van der Waals surface area contributed by atoms with Gasteiger partial charge in [-0.05, 0) is 56.2 Å². The van der Waals surface area contributed by atoms with Crippen LogP contribution in [0.25, 0.3) is 0 Å². The van der Waals surface area contributed by atoms with Gasteiger partial charge in [0.05, 0.1) is 11.7 Å². The lowest BCUT2D eigenvalue weighted by Gasteiger charge is -2.15. The summed E-state index contributed by atoms with van der Waals surface area (Å²) in [6, 6.07) is 12.6. The van der Waals surface area contributed by atoms with E-state index in [1.807, 2.05) is 24.4 Å². The Labute approximate surface area is 103 Å². The van der Waals surface area contributed by atoms with Gasteiger partial charge in [-0.1, -0.05) is 12.1 Å². The molecule has 1 N–H and O–H groups in total. The topological polar surface area (TPSA) is 24.9 Å². The number of aromatic nitrogens is 1. The Morgan fingerprint density at radius 3 is 2.53 bits per heavy atom. The molecule has 0 radical (unpaired) electrons. The average Bonchev–Trinajstić information content (AvgIpc) is 2.35. The molecular weight excluding hydrogens is 208 g/mol. The fraction of sp³-hybridized carbons (Fsp3) is 0.267. The van der Waals surface area contributed by atoms with E-state index in [9.17, 15) is 0 Å². The lowest BCUT2D eigenvalue weighted by Crippen LogP contribution is -2.08. The molecule has 2 nitrogen and oxygen atoms in total. The van der Waals surface area contributed by atoms with Crippen LogP contribution in [0.15, 0.2) is 42.6 Å². The van der Waals surface area contributed by atoms with Gasteiger partial charge in [0.1, 0.15) is 0 Å². The summed E-state index contributed by atoms with van der Waals surface area (Å²) >= 11 is 0. The van der Waals surface area contributed by atoms with Crippen LogP contribution in [-0.4, -0.2) is 4.98 Å². The van der Waals surface area contributed by atoms with Gasteiger partial charge in [0.15, 0.2) is 0 Å². The Balaban J connectivity index is 2.13. The molecule has 1 heterocycles. The van der Waals surface area contributed by atoms with Gasteiger partial charge in [0.2, 0.25) is 0 Å². The van der Waals surface area contributed by atoms with Crippen molar-refractivity contribution < 1.29 is 0 Å². The third-order valence-electron chi connectivity index (χ3n) is 3.02. The number of nitrogens with one attached hydrogen (secondary N) is 1. The van der Waals surface area contributed by atoms with Crippen molar-refractivity contribution in [3.63, 3.8) is 0 Å². The van der Waals surface area contributed by atoms with Gasteiger partial charge >= 0.3 is 0 Å². The summed E-state index contributed by atoms with van der Waals surface area (Å²) in [5.41, 5.74) is 4.83. The molecule has 2 aromatic rings. The summed E-state index contributed by atoms with van der Waals surface area (Å²) in [6.07, 6.45) is 1.83. The molecule has 0 saturated heterocycles. The van der Waals surface area contributed by atoms with Crippen molar-refractivity contribution in [2.45, 2.75) is 26.8 Å². The van der Waals surface area contributed by atoms with Crippen molar-refractivity contribution in [3.05, 3.63) is 59.4 Å².